The van der Waals surface area contributed by atoms with Crippen LogP contribution in [0.1, 0.15) is 0 Å². The van der Waals surface area contributed by atoms with Crippen molar-refractivity contribution < 1.29 is 0 Å². The Labute approximate surface area is 140 Å². The molecule has 2 heteroatoms. The van der Waals surface area contributed by atoms with Gasteiger partial charge in [0, 0.05) is 30.6 Å². The largest absolute Gasteiger partial charge is 0.356 e. The number of nitrogens with zero attached hydrogens (tertiary/aromatic N) is 1. The van der Waals surface area contributed by atoms with Crippen molar-refractivity contribution in [2.75, 3.05) is 0 Å². The number of fused-ring (bicyclic) bond motifs is 1. The van der Waals surface area contributed by atoms with Crippen LogP contribution in [0.3, 0.4) is 0 Å². The fraction of sp³-hybridized carbons (Fsp3) is 0.0455. The van der Waals surface area contributed by atoms with Gasteiger partial charge in [0.25, 0.3) is 0 Å². The molecule has 0 amide bonds. The molecule has 1 heterocycles. The van der Waals surface area contributed by atoms with Gasteiger partial charge in [-0.05, 0) is 21.9 Å². The molecule has 4 rings (SSSR count). The van der Waals surface area contributed by atoms with Gasteiger partial charge in [0.15, 0.2) is 5.43 Å². The van der Waals surface area contributed by atoms with Crippen molar-refractivity contribution in [3.63, 3.8) is 0 Å². The molecule has 24 heavy (non-hydrogen) atoms. The molecule has 4 aromatic rings. The van der Waals surface area contributed by atoms with E-state index in [4.69, 9.17) is 0 Å². The van der Waals surface area contributed by atoms with E-state index in [9.17, 15) is 4.79 Å². The summed E-state index contributed by atoms with van der Waals surface area (Å²) >= 11 is 0. The van der Waals surface area contributed by atoms with Gasteiger partial charge in [-0.3, -0.25) is 4.79 Å². The highest BCUT2D eigenvalue weighted by Crippen LogP contribution is 2.28. The van der Waals surface area contributed by atoms with E-state index in [0.29, 0.717) is 0 Å². The average Bonchev–Trinajstić information content (AvgIpc) is 2.63. The Morgan fingerprint density at radius 1 is 0.667 bits per heavy atom. The van der Waals surface area contributed by atoms with Crippen molar-refractivity contribution in [1.29, 1.82) is 0 Å². The molecule has 116 valence electrons. The Morgan fingerprint density at radius 3 is 2.17 bits per heavy atom. The summed E-state index contributed by atoms with van der Waals surface area (Å²) in [4.78, 5) is 13.2. The van der Waals surface area contributed by atoms with E-state index >= 15 is 0 Å². The van der Waals surface area contributed by atoms with Gasteiger partial charge in [-0.25, -0.2) is 0 Å². The van der Waals surface area contributed by atoms with Crippen LogP contribution in [0.25, 0.3) is 33.0 Å². The van der Waals surface area contributed by atoms with E-state index in [-0.39, 0.29) is 5.43 Å². The van der Waals surface area contributed by atoms with Gasteiger partial charge < -0.3 is 4.57 Å². The molecule has 0 fully saturated rings. The van der Waals surface area contributed by atoms with Gasteiger partial charge in [0.1, 0.15) is 0 Å². The van der Waals surface area contributed by atoms with Crippen LogP contribution < -0.4 is 5.43 Å². The highest BCUT2D eigenvalue weighted by molar-refractivity contribution is 5.96. The van der Waals surface area contributed by atoms with Gasteiger partial charge >= 0.3 is 0 Å². The Balaban J connectivity index is 2.03. The number of aryl methyl sites for hydroxylation is 1. The molecule has 0 bridgehead atoms. The lowest BCUT2D eigenvalue weighted by molar-refractivity contribution is 0.905. The number of benzene rings is 3. The zero-order chi connectivity index (χ0) is 16.5. The summed E-state index contributed by atoms with van der Waals surface area (Å²) in [6.07, 6.45) is 3.81. The Kier molecular flexibility index (Phi) is 3.51. The van der Waals surface area contributed by atoms with Crippen molar-refractivity contribution in [2.24, 2.45) is 7.05 Å². The first-order valence-electron chi connectivity index (χ1n) is 7.98. The first-order chi connectivity index (χ1) is 11.7. The minimum Gasteiger partial charge on any atom is -0.356 e. The highest BCUT2D eigenvalue weighted by Gasteiger charge is 2.12. The van der Waals surface area contributed by atoms with E-state index < -0.39 is 0 Å². The summed E-state index contributed by atoms with van der Waals surface area (Å²) < 4.78 is 1.96. The molecule has 0 saturated carbocycles. The SMILES string of the molecule is Cn1cc(-c2ccccc2)c(=O)c(-c2cccc3ccccc23)c1. The van der Waals surface area contributed by atoms with Gasteiger partial charge in [-0.2, -0.15) is 0 Å². The summed E-state index contributed by atoms with van der Waals surface area (Å²) in [6, 6.07) is 24.1. The summed E-state index contributed by atoms with van der Waals surface area (Å²) in [7, 11) is 1.96. The number of pyridine rings is 1. The van der Waals surface area contributed by atoms with Crippen molar-refractivity contribution in [3.05, 3.63) is 95.4 Å². The second-order valence-corrected chi connectivity index (χ2v) is 5.97. The van der Waals surface area contributed by atoms with E-state index in [1.54, 1.807) is 0 Å². The van der Waals surface area contributed by atoms with Crippen molar-refractivity contribution in [1.82, 2.24) is 4.57 Å². The van der Waals surface area contributed by atoms with Gasteiger partial charge in [0.2, 0.25) is 0 Å². The molecule has 1 aromatic heterocycles. The molecular weight excluding hydrogens is 294 g/mol. The molecule has 0 aliphatic carbocycles. The quantitative estimate of drug-likeness (QED) is 0.517. The van der Waals surface area contributed by atoms with Crippen LogP contribution in [-0.2, 0) is 7.05 Å². The van der Waals surface area contributed by atoms with E-state index in [1.165, 1.54) is 0 Å². The molecule has 2 nitrogen and oxygen atoms in total. The number of hydrogen-bond donors (Lipinski definition) is 0. The van der Waals surface area contributed by atoms with Crippen LogP contribution >= 0.6 is 0 Å². The van der Waals surface area contributed by atoms with Crippen molar-refractivity contribution in [3.8, 4) is 22.3 Å². The van der Waals surface area contributed by atoms with Crippen LogP contribution in [0.5, 0.6) is 0 Å². The number of aromatic nitrogens is 1. The van der Waals surface area contributed by atoms with E-state index in [1.807, 2.05) is 78.6 Å². The average molecular weight is 311 g/mol. The van der Waals surface area contributed by atoms with Crippen LogP contribution in [0, 0.1) is 0 Å². The fourth-order valence-corrected chi connectivity index (χ4v) is 3.18. The first-order valence-corrected chi connectivity index (χ1v) is 7.98. The molecule has 0 unspecified atom stereocenters. The lowest BCUT2D eigenvalue weighted by atomic mass is 9.96. The topological polar surface area (TPSA) is 22.0 Å². The summed E-state index contributed by atoms with van der Waals surface area (Å²) in [5, 5.41) is 2.24. The normalized spacial score (nSPS) is 10.9. The zero-order valence-corrected chi connectivity index (χ0v) is 13.4. The summed E-state index contributed by atoms with van der Waals surface area (Å²) in [6.45, 7) is 0. The molecule has 0 radical (unpaired) electrons. The summed E-state index contributed by atoms with van der Waals surface area (Å²) in [5.41, 5.74) is 3.45. The minimum absolute atomic E-state index is 0.0654. The van der Waals surface area contributed by atoms with Gasteiger partial charge in [-0.15, -0.1) is 0 Å². The van der Waals surface area contributed by atoms with Crippen LogP contribution in [0.15, 0.2) is 90.0 Å². The number of rotatable bonds is 2. The molecule has 0 N–H and O–H groups in total. The molecule has 0 saturated heterocycles. The van der Waals surface area contributed by atoms with Crippen molar-refractivity contribution >= 4 is 10.8 Å². The van der Waals surface area contributed by atoms with Gasteiger partial charge in [-0.1, -0.05) is 72.8 Å². The second-order valence-electron chi connectivity index (χ2n) is 5.97. The summed E-state index contributed by atoms with van der Waals surface area (Å²) in [5.74, 6) is 0. The molecule has 0 spiro atoms. The maximum atomic E-state index is 13.2. The second kappa shape index (κ2) is 5.82. The third kappa shape index (κ3) is 2.42. The van der Waals surface area contributed by atoms with E-state index in [2.05, 4.69) is 18.2 Å². The maximum absolute atomic E-state index is 13.2. The molecule has 0 aliphatic heterocycles. The standard InChI is InChI=1S/C22H17NO/c1-23-14-20(17-8-3-2-4-9-17)22(24)21(15-23)19-13-7-11-16-10-5-6-12-18(16)19/h2-15H,1H3. The van der Waals surface area contributed by atoms with Crippen LogP contribution in [0.2, 0.25) is 0 Å². The van der Waals surface area contributed by atoms with Gasteiger partial charge in [0.05, 0.1) is 0 Å². The Morgan fingerprint density at radius 2 is 1.33 bits per heavy atom. The fourth-order valence-electron chi connectivity index (χ4n) is 3.18. The predicted molar refractivity (Wildman–Crippen MR) is 100 cm³/mol. The zero-order valence-electron chi connectivity index (χ0n) is 13.4. The molecule has 0 atom stereocenters. The molecule has 0 aliphatic rings. The third-order valence-electron chi connectivity index (χ3n) is 4.32. The Hall–Kier alpha value is -3.13. The molecular formula is C22H17NO. The predicted octanol–water partition coefficient (Wildman–Crippen LogP) is 4.87. The Bertz CT molecular complexity index is 1070. The van der Waals surface area contributed by atoms with E-state index in [0.717, 1.165) is 33.0 Å². The number of hydrogen-bond acceptors (Lipinski definition) is 1. The van der Waals surface area contributed by atoms with Crippen LogP contribution in [-0.4, -0.2) is 4.57 Å². The van der Waals surface area contributed by atoms with Crippen LogP contribution in [0.4, 0.5) is 0 Å². The first kappa shape index (κ1) is 14.5. The smallest absolute Gasteiger partial charge is 0.197 e. The third-order valence-corrected chi connectivity index (χ3v) is 4.32. The minimum atomic E-state index is 0.0654. The maximum Gasteiger partial charge on any atom is 0.197 e. The lowest BCUT2D eigenvalue weighted by Gasteiger charge is -2.11. The lowest BCUT2D eigenvalue weighted by Crippen LogP contribution is -2.11. The van der Waals surface area contributed by atoms with Crippen molar-refractivity contribution in [2.45, 2.75) is 0 Å². The molecule has 3 aromatic carbocycles. The highest BCUT2D eigenvalue weighted by atomic mass is 16.1. The monoisotopic (exact) mass is 311 g/mol.